The second-order valence-corrected chi connectivity index (χ2v) is 9.33. The summed E-state index contributed by atoms with van der Waals surface area (Å²) in [7, 11) is 0. The van der Waals surface area contributed by atoms with Gasteiger partial charge in [-0.25, -0.2) is 4.39 Å². The van der Waals surface area contributed by atoms with Crippen molar-refractivity contribution in [1.29, 1.82) is 0 Å². The molecule has 0 amide bonds. The van der Waals surface area contributed by atoms with Crippen molar-refractivity contribution in [3.05, 3.63) is 59.4 Å². The quantitative estimate of drug-likeness (QED) is 0.281. The molecule has 1 fully saturated rings. The molecular formula is C30H39F. The van der Waals surface area contributed by atoms with Crippen LogP contribution < -0.4 is 0 Å². The van der Waals surface area contributed by atoms with Gasteiger partial charge in [0.15, 0.2) is 0 Å². The molecule has 31 heavy (non-hydrogen) atoms. The number of halogens is 1. The highest BCUT2D eigenvalue weighted by atomic mass is 19.1. The zero-order valence-corrected chi connectivity index (χ0v) is 19.6. The van der Waals surface area contributed by atoms with Gasteiger partial charge >= 0.3 is 0 Å². The standard InChI is InChI=1S/C30H39F/c1-3-5-7-8-10-25-11-13-26(14-12-25)15-16-27-19-22-29(30(31)23-27)28-20-17-24(18-21-28)9-6-4-2/h17-23,25-26H,3-14H2,1-2H3. The van der Waals surface area contributed by atoms with E-state index < -0.39 is 0 Å². The van der Waals surface area contributed by atoms with E-state index in [9.17, 15) is 4.39 Å². The molecule has 0 aromatic heterocycles. The minimum absolute atomic E-state index is 0.177. The molecule has 0 nitrogen and oxygen atoms in total. The SMILES string of the molecule is CCCCCCC1CCC(C#Cc2ccc(-c3ccc(CCCC)cc3)c(F)c2)CC1. The summed E-state index contributed by atoms with van der Waals surface area (Å²) < 4.78 is 14.8. The second kappa shape index (κ2) is 12.7. The average molecular weight is 419 g/mol. The van der Waals surface area contributed by atoms with Gasteiger partial charge in [-0.3, -0.25) is 0 Å². The summed E-state index contributed by atoms with van der Waals surface area (Å²) in [5, 5.41) is 0. The number of unbranched alkanes of at least 4 members (excludes halogenated alkanes) is 4. The highest BCUT2D eigenvalue weighted by Gasteiger charge is 2.19. The molecule has 1 aliphatic carbocycles. The van der Waals surface area contributed by atoms with Crippen LogP contribution in [0.2, 0.25) is 0 Å². The van der Waals surface area contributed by atoms with Crippen molar-refractivity contribution in [1.82, 2.24) is 0 Å². The monoisotopic (exact) mass is 418 g/mol. The third kappa shape index (κ3) is 7.53. The lowest BCUT2D eigenvalue weighted by Gasteiger charge is -2.25. The zero-order chi connectivity index (χ0) is 21.9. The summed E-state index contributed by atoms with van der Waals surface area (Å²) in [4.78, 5) is 0. The van der Waals surface area contributed by atoms with Gasteiger partial charge in [0.05, 0.1) is 0 Å². The molecule has 0 heterocycles. The van der Waals surface area contributed by atoms with E-state index >= 15 is 0 Å². The number of aryl methyl sites for hydroxylation is 1. The molecule has 0 N–H and O–H groups in total. The Morgan fingerprint density at radius 2 is 1.58 bits per heavy atom. The predicted molar refractivity (Wildman–Crippen MR) is 132 cm³/mol. The molecule has 0 radical (unpaired) electrons. The minimum Gasteiger partial charge on any atom is -0.206 e. The lowest BCUT2D eigenvalue weighted by Crippen LogP contribution is -2.13. The summed E-state index contributed by atoms with van der Waals surface area (Å²) in [5.41, 5.74) is 3.72. The first-order valence-corrected chi connectivity index (χ1v) is 12.6. The predicted octanol–water partition coefficient (Wildman–Crippen LogP) is 8.96. The Bertz CT molecular complexity index is 844. The van der Waals surface area contributed by atoms with Gasteiger partial charge in [-0.15, -0.1) is 0 Å². The first-order valence-electron chi connectivity index (χ1n) is 12.6. The van der Waals surface area contributed by atoms with E-state index in [1.807, 2.05) is 24.3 Å². The van der Waals surface area contributed by atoms with Gasteiger partial charge in [0.2, 0.25) is 0 Å². The van der Waals surface area contributed by atoms with Crippen LogP contribution in [0.4, 0.5) is 4.39 Å². The number of hydrogen-bond donors (Lipinski definition) is 0. The fourth-order valence-corrected chi connectivity index (χ4v) is 4.70. The smallest absolute Gasteiger partial charge is 0.132 e. The molecule has 0 unspecified atom stereocenters. The van der Waals surface area contributed by atoms with Crippen molar-refractivity contribution in [2.75, 3.05) is 0 Å². The highest BCUT2D eigenvalue weighted by molar-refractivity contribution is 5.65. The largest absolute Gasteiger partial charge is 0.206 e. The Balaban J connectivity index is 1.53. The minimum atomic E-state index is -0.177. The van der Waals surface area contributed by atoms with E-state index in [2.05, 4.69) is 37.8 Å². The van der Waals surface area contributed by atoms with Crippen molar-refractivity contribution in [3.63, 3.8) is 0 Å². The van der Waals surface area contributed by atoms with Gasteiger partial charge in [-0.05, 0) is 67.7 Å². The Labute approximate surface area is 189 Å². The maximum absolute atomic E-state index is 14.8. The van der Waals surface area contributed by atoms with E-state index in [-0.39, 0.29) is 5.82 Å². The molecule has 2 aromatic rings. The van der Waals surface area contributed by atoms with E-state index in [1.165, 1.54) is 76.2 Å². The summed E-state index contributed by atoms with van der Waals surface area (Å²) in [6.07, 6.45) is 15.4. The van der Waals surface area contributed by atoms with Crippen LogP contribution in [-0.2, 0) is 6.42 Å². The maximum atomic E-state index is 14.8. The normalized spacial score (nSPS) is 18.4. The third-order valence-corrected chi connectivity index (χ3v) is 6.79. The molecule has 1 aliphatic rings. The molecule has 0 aliphatic heterocycles. The first-order chi connectivity index (χ1) is 15.2. The molecule has 166 valence electrons. The van der Waals surface area contributed by atoms with Gasteiger partial charge in [0, 0.05) is 17.0 Å². The van der Waals surface area contributed by atoms with Crippen molar-refractivity contribution in [2.24, 2.45) is 11.8 Å². The van der Waals surface area contributed by atoms with Crippen molar-refractivity contribution >= 4 is 0 Å². The van der Waals surface area contributed by atoms with Crippen LogP contribution >= 0.6 is 0 Å². The molecule has 1 heteroatoms. The van der Waals surface area contributed by atoms with E-state index in [4.69, 9.17) is 0 Å². The molecule has 0 bridgehead atoms. The number of hydrogen-bond acceptors (Lipinski definition) is 0. The Morgan fingerprint density at radius 1 is 0.839 bits per heavy atom. The van der Waals surface area contributed by atoms with Crippen molar-refractivity contribution in [3.8, 4) is 23.0 Å². The first kappa shape index (κ1) is 23.6. The van der Waals surface area contributed by atoms with Crippen LogP contribution in [-0.4, -0.2) is 0 Å². The van der Waals surface area contributed by atoms with Gasteiger partial charge in [-0.1, -0.05) is 94.5 Å². The third-order valence-electron chi connectivity index (χ3n) is 6.79. The molecule has 1 saturated carbocycles. The summed E-state index contributed by atoms with van der Waals surface area (Å²) in [6, 6.07) is 13.8. The molecule has 0 atom stereocenters. The second-order valence-electron chi connectivity index (χ2n) is 9.33. The van der Waals surface area contributed by atoms with Crippen LogP contribution in [0.3, 0.4) is 0 Å². The summed E-state index contributed by atoms with van der Waals surface area (Å²) in [5.74, 6) is 7.89. The molecule has 0 saturated heterocycles. The highest BCUT2D eigenvalue weighted by Crippen LogP contribution is 2.32. The average Bonchev–Trinajstić information content (AvgIpc) is 2.80. The van der Waals surface area contributed by atoms with Crippen LogP contribution in [0.25, 0.3) is 11.1 Å². The number of rotatable bonds is 9. The van der Waals surface area contributed by atoms with Gasteiger partial charge < -0.3 is 0 Å². The zero-order valence-electron chi connectivity index (χ0n) is 19.6. The number of benzene rings is 2. The fourth-order valence-electron chi connectivity index (χ4n) is 4.70. The Morgan fingerprint density at radius 3 is 2.26 bits per heavy atom. The lowest BCUT2D eigenvalue weighted by atomic mass is 9.80. The summed E-state index contributed by atoms with van der Waals surface area (Å²) in [6.45, 7) is 4.48. The van der Waals surface area contributed by atoms with Crippen LogP contribution in [0.1, 0.15) is 95.6 Å². The van der Waals surface area contributed by atoms with E-state index in [0.29, 0.717) is 11.5 Å². The van der Waals surface area contributed by atoms with Gasteiger partial charge in [0.25, 0.3) is 0 Å². The Kier molecular flexibility index (Phi) is 9.67. The Hall–Kier alpha value is -2.07. The van der Waals surface area contributed by atoms with E-state index in [0.717, 1.165) is 23.5 Å². The molecular weight excluding hydrogens is 379 g/mol. The van der Waals surface area contributed by atoms with Crippen LogP contribution in [0.15, 0.2) is 42.5 Å². The van der Waals surface area contributed by atoms with Crippen molar-refractivity contribution < 1.29 is 4.39 Å². The molecule has 2 aromatic carbocycles. The molecule has 0 spiro atoms. The molecule has 3 rings (SSSR count). The fraction of sp³-hybridized carbons (Fsp3) is 0.533. The van der Waals surface area contributed by atoms with Gasteiger partial charge in [-0.2, -0.15) is 0 Å². The van der Waals surface area contributed by atoms with Crippen LogP contribution in [0.5, 0.6) is 0 Å². The van der Waals surface area contributed by atoms with Crippen molar-refractivity contribution in [2.45, 2.75) is 90.9 Å². The van der Waals surface area contributed by atoms with Gasteiger partial charge in [0.1, 0.15) is 5.82 Å². The lowest BCUT2D eigenvalue weighted by molar-refractivity contribution is 0.294. The van der Waals surface area contributed by atoms with E-state index in [1.54, 1.807) is 6.07 Å². The van der Waals surface area contributed by atoms with Crippen LogP contribution in [0, 0.1) is 29.5 Å². The topological polar surface area (TPSA) is 0 Å². The summed E-state index contributed by atoms with van der Waals surface area (Å²) >= 11 is 0. The maximum Gasteiger partial charge on any atom is 0.132 e.